The largest absolute Gasteiger partial charge is 0.507 e. The van der Waals surface area contributed by atoms with E-state index in [1.807, 2.05) is 0 Å². The number of aryl methyl sites for hydroxylation is 1. The van der Waals surface area contributed by atoms with Gasteiger partial charge in [-0.3, -0.25) is 14.6 Å². The average molecular weight is 408 g/mol. The lowest BCUT2D eigenvalue weighted by atomic mass is 10.0. The Morgan fingerprint density at radius 2 is 1.79 bits per heavy atom. The van der Waals surface area contributed by atoms with Crippen LogP contribution in [0.2, 0.25) is 0 Å². The third kappa shape index (κ3) is 5.79. The molecule has 2 aromatic rings. The number of aromatic nitrogens is 1. The Hall–Kier alpha value is -2.90. The molecule has 0 aliphatic heterocycles. The van der Waals surface area contributed by atoms with E-state index in [0.717, 1.165) is 12.1 Å². The molecular formula is C21H23F3N2O3. The first kappa shape index (κ1) is 22.4. The van der Waals surface area contributed by atoms with Gasteiger partial charge in [-0.1, -0.05) is 13.8 Å². The zero-order valence-electron chi connectivity index (χ0n) is 16.6. The van der Waals surface area contributed by atoms with Crippen LogP contribution < -0.4 is 5.32 Å². The van der Waals surface area contributed by atoms with E-state index in [-0.39, 0.29) is 23.7 Å². The number of halogens is 3. The lowest BCUT2D eigenvalue weighted by molar-refractivity contribution is -0.137. The van der Waals surface area contributed by atoms with Gasteiger partial charge in [-0.15, -0.1) is 0 Å². The summed E-state index contributed by atoms with van der Waals surface area (Å²) < 4.78 is 38.1. The van der Waals surface area contributed by atoms with Crippen molar-refractivity contribution < 1.29 is 27.9 Å². The third-order valence-corrected chi connectivity index (χ3v) is 4.45. The summed E-state index contributed by atoms with van der Waals surface area (Å²) in [5.41, 5.74) is 0.656. The fourth-order valence-electron chi connectivity index (χ4n) is 2.75. The number of Topliss-reactive ketones (excluding diaryl/α,β-unsaturated/α-hetero) is 1. The maximum absolute atomic E-state index is 12.7. The van der Waals surface area contributed by atoms with Gasteiger partial charge in [-0.25, -0.2) is 0 Å². The molecule has 0 saturated carbocycles. The van der Waals surface area contributed by atoms with E-state index in [2.05, 4.69) is 10.3 Å². The monoisotopic (exact) mass is 408 g/mol. The number of aromatic hydroxyl groups is 1. The lowest BCUT2D eigenvalue weighted by Crippen LogP contribution is -2.27. The molecule has 1 atom stereocenters. The number of pyridine rings is 1. The summed E-state index contributed by atoms with van der Waals surface area (Å²) in [5.74, 6) is -1.54. The highest BCUT2D eigenvalue weighted by molar-refractivity contribution is 5.97. The predicted molar refractivity (Wildman–Crippen MR) is 102 cm³/mol. The smallest absolute Gasteiger partial charge is 0.416 e. The number of phenols is 1. The average Bonchev–Trinajstić information content (AvgIpc) is 2.59. The summed E-state index contributed by atoms with van der Waals surface area (Å²) in [7, 11) is 0. The van der Waals surface area contributed by atoms with Crippen molar-refractivity contribution in [1.82, 2.24) is 10.3 Å². The molecule has 2 N–H and O–H groups in total. The van der Waals surface area contributed by atoms with Gasteiger partial charge in [0, 0.05) is 23.7 Å². The van der Waals surface area contributed by atoms with Gasteiger partial charge in [0.05, 0.1) is 17.2 Å². The van der Waals surface area contributed by atoms with Crippen LogP contribution in [0.1, 0.15) is 59.7 Å². The van der Waals surface area contributed by atoms with Gasteiger partial charge < -0.3 is 10.4 Å². The zero-order valence-corrected chi connectivity index (χ0v) is 16.6. The van der Waals surface area contributed by atoms with E-state index in [4.69, 9.17) is 0 Å². The Morgan fingerprint density at radius 1 is 1.14 bits per heavy atom. The Kier molecular flexibility index (Phi) is 6.66. The van der Waals surface area contributed by atoms with Crippen LogP contribution in [-0.4, -0.2) is 21.8 Å². The molecule has 0 saturated heterocycles. The molecule has 1 aromatic heterocycles. The van der Waals surface area contributed by atoms with E-state index in [0.29, 0.717) is 23.0 Å². The Balaban J connectivity index is 2.19. The normalized spacial score (nSPS) is 12.7. The lowest BCUT2D eigenvalue weighted by Gasteiger charge is -2.17. The molecule has 5 nitrogen and oxygen atoms in total. The standard InChI is InChI=1S/C21H23F3N2O3/c1-11(2)18(27)10-16-8-14(7-12(3)25-16)13(4)26-20(29)17-6-5-15(9-19(17)28)21(22,23)24/h5-9,11,13,28H,10H2,1-4H3,(H,26,29). The fraction of sp³-hybridized carbons (Fsp3) is 0.381. The van der Waals surface area contributed by atoms with Crippen molar-refractivity contribution in [3.63, 3.8) is 0 Å². The molecule has 0 aliphatic carbocycles. The fourth-order valence-corrected chi connectivity index (χ4v) is 2.75. The summed E-state index contributed by atoms with van der Waals surface area (Å²) in [4.78, 5) is 28.8. The van der Waals surface area contributed by atoms with Gasteiger partial charge in [0.2, 0.25) is 0 Å². The molecule has 2 rings (SSSR count). The van der Waals surface area contributed by atoms with Gasteiger partial charge in [0.1, 0.15) is 11.5 Å². The van der Waals surface area contributed by atoms with Gasteiger partial charge in [0.15, 0.2) is 0 Å². The summed E-state index contributed by atoms with van der Waals surface area (Å²) >= 11 is 0. The number of amides is 1. The highest BCUT2D eigenvalue weighted by atomic mass is 19.4. The highest BCUT2D eigenvalue weighted by Crippen LogP contribution is 2.32. The first-order chi connectivity index (χ1) is 13.4. The van der Waals surface area contributed by atoms with E-state index < -0.39 is 29.4 Å². The third-order valence-electron chi connectivity index (χ3n) is 4.45. The van der Waals surface area contributed by atoms with Gasteiger partial charge in [0.25, 0.3) is 5.91 Å². The maximum Gasteiger partial charge on any atom is 0.416 e. The Morgan fingerprint density at radius 3 is 2.34 bits per heavy atom. The minimum absolute atomic E-state index is 0.0421. The van der Waals surface area contributed by atoms with Crippen LogP contribution >= 0.6 is 0 Å². The number of ketones is 1. The first-order valence-electron chi connectivity index (χ1n) is 9.09. The summed E-state index contributed by atoms with van der Waals surface area (Å²) in [6.07, 6.45) is -4.44. The second-order valence-electron chi connectivity index (χ2n) is 7.26. The predicted octanol–water partition coefficient (Wildman–Crippen LogP) is 4.37. The minimum Gasteiger partial charge on any atom is -0.507 e. The second-order valence-corrected chi connectivity index (χ2v) is 7.26. The molecule has 8 heteroatoms. The second kappa shape index (κ2) is 8.63. The van der Waals surface area contributed by atoms with Crippen LogP contribution in [0.25, 0.3) is 0 Å². The number of rotatable bonds is 6. The van der Waals surface area contributed by atoms with Crippen molar-refractivity contribution in [3.05, 3.63) is 58.4 Å². The number of benzene rings is 1. The molecule has 1 unspecified atom stereocenters. The van der Waals surface area contributed by atoms with Crippen molar-refractivity contribution in [2.75, 3.05) is 0 Å². The Bertz CT molecular complexity index is 924. The van der Waals surface area contributed by atoms with E-state index in [1.165, 1.54) is 0 Å². The Labute approximate surface area is 167 Å². The molecular weight excluding hydrogens is 385 g/mol. The maximum atomic E-state index is 12.7. The molecule has 156 valence electrons. The van der Waals surface area contributed by atoms with E-state index in [9.17, 15) is 27.9 Å². The van der Waals surface area contributed by atoms with Gasteiger partial charge >= 0.3 is 6.18 Å². The topological polar surface area (TPSA) is 79.3 Å². The van der Waals surface area contributed by atoms with Crippen molar-refractivity contribution >= 4 is 11.7 Å². The number of alkyl halides is 3. The molecule has 1 amide bonds. The summed E-state index contributed by atoms with van der Waals surface area (Å²) in [6.45, 7) is 7.07. The van der Waals surface area contributed by atoms with Crippen LogP contribution in [-0.2, 0) is 17.4 Å². The highest BCUT2D eigenvalue weighted by Gasteiger charge is 2.31. The number of hydrogen-bond donors (Lipinski definition) is 2. The van der Waals surface area contributed by atoms with Gasteiger partial charge in [-0.2, -0.15) is 13.2 Å². The van der Waals surface area contributed by atoms with Crippen molar-refractivity contribution in [2.24, 2.45) is 5.92 Å². The molecule has 0 radical (unpaired) electrons. The molecule has 0 aliphatic rings. The minimum atomic E-state index is -4.61. The summed E-state index contributed by atoms with van der Waals surface area (Å²) in [6, 6.07) is 5.15. The molecule has 0 fully saturated rings. The number of phenolic OH excluding ortho intramolecular Hbond substituents is 1. The van der Waals surface area contributed by atoms with Crippen LogP contribution in [0.3, 0.4) is 0 Å². The molecule has 0 spiro atoms. The quantitative estimate of drug-likeness (QED) is 0.744. The van der Waals surface area contributed by atoms with E-state index in [1.54, 1.807) is 39.8 Å². The van der Waals surface area contributed by atoms with E-state index >= 15 is 0 Å². The molecule has 1 heterocycles. The number of nitrogens with zero attached hydrogens (tertiary/aromatic N) is 1. The molecule has 0 bridgehead atoms. The van der Waals surface area contributed by atoms with Crippen LogP contribution in [0.15, 0.2) is 30.3 Å². The van der Waals surface area contributed by atoms with Crippen LogP contribution in [0.4, 0.5) is 13.2 Å². The SMILES string of the molecule is Cc1cc(C(C)NC(=O)c2ccc(C(F)(F)F)cc2O)cc(CC(=O)C(C)C)n1. The summed E-state index contributed by atoms with van der Waals surface area (Å²) in [5, 5.41) is 12.5. The van der Waals surface area contributed by atoms with Crippen LogP contribution in [0, 0.1) is 12.8 Å². The molecule has 29 heavy (non-hydrogen) atoms. The number of carbonyl (C=O) groups excluding carboxylic acids is 2. The van der Waals surface area contributed by atoms with Crippen LogP contribution in [0.5, 0.6) is 5.75 Å². The molecule has 1 aromatic carbocycles. The van der Waals surface area contributed by atoms with Crippen molar-refractivity contribution in [3.8, 4) is 5.75 Å². The zero-order chi connectivity index (χ0) is 21.9. The van der Waals surface area contributed by atoms with Crippen molar-refractivity contribution in [2.45, 2.75) is 46.3 Å². The van der Waals surface area contributed by atoms with Crippen molar-refractivity contribution in [1.29, 1.82) is 0 Å². The first-order valence-corrected chi connectivity index (χ1v) is 9.09. The number of hydrogen-bond acceptors (Lipinski definition) is 4. The number of nitrogens with one attached hydrogen (secondary N) is 1. The number of carbonyl (C=O) groups is 2. The van der Waals surface area contributed by atoms with Gasteiger partial charge in [-0.05, 0) is 49.7 Å².